The lowest BCUT2D eigenvalue weighted by Crippen LogP contribution is -2.47. The third-order valence-electron chi connectivity index (χ3n) is 12.1. The molecule has 0 heterocycles. The van der Waals surface area contributed by atoms with E-state index in [1.54, 1.807) is 0 Å². The average Bonchev–Trinajstić information content (AvgIpc) is 3.61. The number of hydrogen-bond donors (Lipinski definition) is 0. The third-order valence-corrected chi connectivity index (χ3v) is 12.1. The zero-order valence-corrected chi connectivity index (χ0v) is 29.2. The molecule has 0 saturated heterocycles. The molecule has 0 spiro atoms. The molecule has 2 saturated carbocycles. The van der Waals surface area contributed by atoms with Gasteiger partial charge in [0.25, 0.3) is 0 Å². The zero-order valence-electron chi connectivity index (χ0n) is 29.2. The van der Waals surface area contributed by atoms with Crippen molar-refractivity contribution >= 4 is 0 Å². The van der Waals surface area contributed by atoms with Gasteiger partial charge in [0.15, 0.2) is 0 Å². The highest BCUT2D eigenvalue weighted by molar-refractivity contribution is 5.48. The molecular weight excluding hydrogens is 540 g/mol. The minimum Gasteiger partial charge on any atom is -0.100 e. The third kappa shape index (κ3) is 6.04. The summed E-state index contributed by atoms with van der Waals surface area (Å²) < 4.78 is 0. The Kier molecular flexibility index (Phi) is 8.84. The Morgan fingerprint density at radius 1 is 0.689 bits per heavy atom. The van der Waals surface area contributed by atoms with Crippen molar-refractivity contribution in [2.45, 2.75) is 92.4 Å². The van der Waals surface area contributed by atoms with Crippen LogP contribution in [0.2, 0.25) is 0 Å². The molecule has 6 atom stereocenters. The van der Waals surface area contributed by atoms with E-state index in [-0.39, 0.29) is 16.2 Å². The van der Waals surface area contributed by atoms with E-state index in [4.69, 9.17) is 0 Å². The van der Waals surface area contributed by atoms with E-state index in [0.29, 0.717) is 35.5 Å². The molecule has 4 aliphatic rings. The Morgan fingerprint density at radius 2 is 1.18 bits per heavy atom. The maximum absolute atomic E-state index is 4.21. The largest absolute Gasteiger partial charge is 0.100 e. The van der Waals surface area contributed by atoms with Crippen molar-refractivity contribution in [2.75, 3.05) is 0 Å². The van der Waals surface area contributed by atoms with E-state index < -0.39 is 0 Å². The molecule has 2 fully saturated rings. The van der Waals surface area contributed by atoms with E-state index in [9.17, 15) is 0 Å². The van der Waals surface area contributed by atoms with Crippen LogP contribution in [0.3, 0.4) is 0 Å². The van der Waals surface area contributed by atoms with Gasteiger partial charge >= 0.3 is 0 Å². The second kappa shape index (κ2) is 12.4. The molecule has 0 nitrogen and oxygen atoms in total. The van der Waals surface area contributed by atoms with E-state index in [1.807, 2.05) is 0 Å². The minimum atomic E-state index is -0.0662. The zero-order chi connectivity index (χ0) is 32.0. The van der Waals surface area contributed by atoms with Gasteiger partial charge in [0.05, 0.1) is 0 Å². The van der Waals surface area contributed by atoms with Crippen LogP contribution < -0.4 is 0 Å². The Labute approximate surface area is 275 Å². The number of hydrogen-bond acceptors (Lipinski definition) is 0. The highest BCUT2D eigenvalue weighted by Crippen LogP contribution is 2.65. The molecule has 0 amide bonds. The van der Waals surface area contributed by atoms with Crippen LogP contribution >= 0.6 is 0 Å². The number of fused-ring (bicyclic) bond motifs is 3. The first-order chi connectivity index (χ1) is 21.4. The second-order valence-electron chi connectivity index (χ2n) is 17.1. The van der Waals surface area contributed by atoms with Gasteiger partial charge in [-0.1, -0.05) is 157 Å². The topological polar surface area (TPSA) is 0 Å². The normalized spacial score (nSPS) is 29.6. The summed E-state index contributed by atoms with van der Waals surface area (Å²) >= 11 is 0. The van der Waals surface area contributed by atoms with Crippen molar-refractivity contribution in [1.82, 2.24) is 0 Å². The molecule has 6 rings (SSSR count). The summed E-state index contributed by atoms with van der Waals surface area (Å²) in [5, 5.41) is 0. The Balaban J connectivity index is 1.58. The predicted octanol–water partition coefficient (Wildman–Crippen LogP) is 12.3. The van der Waals surface area contributed by atoms with Gasteiger partial charge in [0.2, 0.25) is 0 Å². The molecule has 4 aliphatic carbocycles. The van der Waals surface area contributed by atoms with Crippen LogP contribution in [0.1, 0.15) is 98.1 Å². The lowest BCUT2D eigenvalue weighted by molar-refractivity contribution is 0.153. The smallest absolute Gasteiger partial charge is 0.0270 e. The molecule has 6 unspecified atom stereocenters. The molecule has 0 N–H and O–H groups in total. The predicted molar refractivity (Wildman–Crippen MR) is 194 cm³/mol. The van der Waals surface area contributed by atoms with E-state index in [0.717, 1.165) is 5.92 Å². The molecule has 0 aliphatic heterocycles. The highest BCUT2D eigenvalue weighted by atomic mass is 14.6. The molecule has 2 aromatic carbocycles. The quantitative estimate of drug-likeness (QED) is 0.265. The fraction of sp³-hybridized carbons (Fsp3) is 0.511. The van der Waals surface area contributed by atoms with Crippen molar-refractivity contribution < 1.29 is 0 Å². The van der Waals surface area contributed by atoms with Gasteiger partial charge in [-0.15, -0.1) is 6.58 Å². The number of rotatable bonds is 8. The first kappa shape index (κ1) is 32.1. The van der Waals surface area contributed by atoms with E-state index >= 15 is 0 Å². The summed E-state index contributed by atoms with van der Waals surface area (Å²) in [7, 11) is 0. The number of benzene rings is 2. The van der Waals surface area contributed by atoms with E-state index in [2.05, 4.69) is 152 Å². The average molecular weight is 599 g/mol. The monoisotopic (exact) mass is 598 g/mol. The minimum absolute atomic E-state index is 0.0662. The number of allylic oxidation sites excluding steroid dienone is 9. The molecular formula is C45H58. The van der Waals surface area contributed by atoms with Crippen LogP contribution in [0, 0.1) is 52.3 Å². The molecule has 0 heteroatoms. The van der Waals surface area contributed by atoms with Gasteiger partial charge in [-0.3, -0.25) is 0 Å². The summed E-state index contributed by atoms with van der Waals surface area (Å²) in [6.07, 6.45) is 23.5. The van der Waals surface area contributed by atoms with Crippen LogP contribution in [0.5, 0.6) is 0 Å². The first-order valence-electron chi connectivity index (χ1n) is 18.0. The van der Waals surface area contributed by atoms with Crippen molar-refractivity contribution in [2.24, 2.45) is 52.3 Å². The summed E-state index contributed by atoms with van der Waals surface area (Å²) in [4.78, 5) is 0. The summed E-state index contributed by atoms with van der Waals surface area (Å²) in [5.74, 6) is 3.91. The lowest BCUT2D eigenvalue weighted by atomic mass is 9.52. The molecule has 0 radical (unpaired) electrons. The lowest BCUT2D eigenvalue weighted by Gasteiger charge is -2.50. The maximum atomic E-state index is 4.21. The van der Waals surface area contributed by atoms with Crippen molar-refractivity contribution in [1.29, 1.82) is 0 Å². The van der Waals surface area contributed by atoms with Crippen LogP contribution in [-0.2, 0) is 5.41 Å². The van der Waals surface area contributed by atoms with Gasteiger partial charge < -0.3 is 0 Å². The van der Waals surface area contributed by atoms with Gasteiger partial charge in [0.1, 0.15) is 0 Å². The van der Waals surface area contributed by atoms with Crippen LogP contribution in [0.4, 0.5) is 0 Å². The summed E-state index contributed by atoms with van der Waals surface area (Å²) in [5.41, 5.74) is 7.61. The van der Waals surface area contributed by atoms with Gasteiger partial charge in [-0.05, 0) is 107 Å². The summed E-state index contributed by atoms with van der Waals surface area (Å²) in [6, 6.07) is 23.6. The SMILES string of the molecule is C=C(C)CCCC1CCC(C(c2ccccc2)(c2ccccc2)C2C3C=C(C(C)(C)C)C=CC3C3C=CC(C(C)(C)C)=CC32)C1. The van der Waals surface area contributed by atoms with Gasteiger partial charge in [-0.2, -0.15) is 0 Å². The fourth-order valence-corrected chi connectivity index (χ4v) is 9.92. The standard InChI is InChI=1S/C45H58/c1-31(2)16-15-17-32-22-23-37(28-32)45(33-18-11-9-12-19-33,34-20-13-10-14-21-34)42-40-29-35(43(3,4)5)24-26-38(40)39-27-25-36(30-41(39)42)44(6,7)8/h9-14,18-21,24-27,29-30,32,37-42H,1,15-17,22-23,28H2,2-8H3. The first-order valence-corrected chi connectivity index (χ1v) is 18.0. The van der Waals surface area contributed by atoms with E-state index in [1.165, 1.54) is 66.4 Å². The van der Waals surface area contributed by atoms with Crippen LogP contribution in [-0.4, -0.2) is 0 Å². The highest BCUT2D eigenvalue weighted by Gasteiger charge is 2.61. The molecule has 0 bridgehead atoms. The van der Waals surface area contributed by atoms with Crippen molar-refractivity contribution in [3.63, 3.8) is 0 Å². The van der Waals surface area contributed by atoms with Gasteiger partial charge in [-0.25, -0.2) is 0 Å². The molecule has 45 heavy (non-hydrogen) atoms. The Bertz CT molecular complexity index is 1370. The Hall–Kier alpha value is -2.86. The molecule has 238 valence electrons. The second-order valence-corrected chi connectivity index (χ2v) is 17.1. The molecule has 0 aromatic heterocycles. The van der Waals surface area contributed by atoms with Crippen molar-refractivity contribution in [3.8, 4) is 0 Å². The van der Waals surface area contributed by atoms with Crippen LogP contribution in [0.15, 0.2) is 120 Å². The fourth-order valence-electron chi connectivity index (χ4n) is 9.92. The summed E-state index contributed by atoms with van der Waals surface area (Å²) in [6.45, 7) is 20.8. The van der Waals surface area contributed by atoms with Crippen molar-refractivity contribution in [3.05, 3.63) is 132 Å². The molecule has 2 aromatic rings. The van der Waals surface area contributed by atoms with Gasteiger partial charge in [0, 0.05) is 5.41 Å². The Morgan fingerprint density at radius 3 is 1.62 bits per heavy atom. The van der Waals surface area contributed by atoms with Crippen LogP contribution in [0.25, 0.3) is 0 Å². The maximum Gasteiger partial charge on any atom is 0.0270 e.